The Kier molecular flexibility index (Phi) is 3.66. The first kappa shape index (κ1) is 11.0. The van der Waals surface area contributed by atoms with Crippen LogP contribution in [0.25, 0.3) is 0 Å². The maximum absolute atomic E-state index is 4.29. The van der Waals surface area contributed by atoms with E-state index >= 15 is 0 Å². The van der Waals surface area contributed by atoms with E-state index in [2.05, 4.69) is 43.4 Å². The van der Waals surface area contributed by atoms with E-state index in [1.165, 1.54) is 11.3 Å². The van der Waals surface area contributed by atoms with Crippen LogP contribution >= 0.6 is 38.6 Å². The fourth-order valence-electron chi connectivity index (χ4n) is 1.16. The Morgan fingerprint density at radius 1 is 1.53 bits per heavy atom. The molecule has 2 aromatic rings. The summed E-state index contributed by atoms with van der Waals surface area (Å²) < 4.78 is 0.791. The molecule has 2 rings (SSSR count). The lowest BCUT2D eigenvalue weighted by atomic mass is 10.2. The van der Waals surface area contributed by atoms with Crippen molar-refractivity contribution in [1.82, 2.24) is 15.2 Å². The summed E-state index contributed by atoms with van der Waals surface area (Å²) in [5.74, 6) is 0. The third-order valence-corrected chi connectivity index (χ3v) is 4.03. The summed E-state index contributed by atoms with van der Waals surface area (Å²) in [7, 11) is 0. The fraction of sp³-hybridized carbons (Fsp3) is 0.375. The standard InChI is InChI=1S/C8H9BrN4S2/c1-2-5(6-10-3-4-14-6)11-8-13-12-7(9)15-8/h3-5H,2H2,1H3,(H,11,13). The van der Waals surface area contributed by atoms with E-state index < -0.39 is 0 Å². The van der Waals surface area contributed by atoms with Gasteiger partial charge in [0.1, 0.15) is 5.01 Å². The Balaban J connectivity index is 2.09. The van der Waals surface area contributed by atoms with Gasteiger partial charge in [0, 0.05) is 11.6 Å². The Morgan fingerprint density at radius 3 is 2.93 bits per heavy atom. The average Bonchev–Trinajstić information content (AvgIpc) is 2.85. The van der Waals surface area contributed by atoms with Gasteiger partial charge in [-0.3, -0.25) is 0 Å². The molecule has 2 heterocycles. The van der Waals surface area contributed by atoms with E-state index in [1.807, 2.05) is 11.6 Å². The molecule has 7 heteroatoms. The highest BCUT2D eigenvalue weighted by molar-refractivity contribution is 9.11. The van der Waals surface area contributed by atoms with Crippen molar-refractivity contribution in [3.63, 3.8) is 0 Å². The van der Waals surface area contributed by atoms with E-state index in [1.54, 1.807) is 11.3 Å². The van der Waals surface area contributed by atoms with Crippen molar-refractivity contribution < 1.29 is 0 Å². The Labute approximate surface area is 104 Å². The molecule has 80 valence electrons. The molecule has 1 unspecified atom stereocenters. The van der Waals surface area contributed by atoms with Gasteiger partial charge in [0.05, 0.1) is 6.04 Å². The van der Waals surface area contributed by atoms with Crippen molar-refractivity contribution in [3.05, 3.63) is 20.5 Å². The zero-order valence-corrected chi connectivity index (χ0v) is 11.2. The summed E-state index contributed by atoms with van der Waals surface area (Å²) in [4.78, 5) is 4.29. The minimum Gasteiger partial charge on any atom is -0.351 e. The number of nitrogens with one attached hydrogen (secondary N) is 1. The summed E-state index contributed by atoms with van der Waals surface area (Å²) >= 11 is 6.43. The van der Waals surface area contributed by atoms with Gasteiger partial charge >= 0.3 is 0 Å². The fourth-order valence-corrected chi connectivity index (χ4v) is 2.99. The number of rotatable bonds is 4. The molecule has 0 bridgehead atoms. The number of hydrogen-bond donors (Lipinski definition) is 1. The number of anilines is 1. The first-order valence-corrected chi connectivity index (χ1v) is 6.93. The van der Waals surface area contributed by atoms with Gasteiger partial charge in [-0.05, 0) is 22.4 Å². The summed E-state index contributed by atoms with van der Waals surface area (Å²) in [6, 6.07) is 0.227. The smallest absolute Gasteiger partial charge is 0.207 e. The van der Waals surface area contributed by atoms with Gasteiger partial charge in [-0.1, -0.05) is 18.3 Å². The highest BCUT2D eigenvalue weighted by Gasteiger charge is 2.13. The van der Waals surface area contributed by atoms with Crippen LogP contribution in [0.15, 0.2) is 15.5 Å². The third-order valence-electron chi connectivity index (χ3n) is 1.86. The summed E-state index contributed by atoms with van der Waals surface area (Å²) in [5, 5.41) is 15.1. The first-order valence-electron chi connectivity index (χ1n) is 4.44. The second kappa shape index (κ2) is 5.00. The summed E-state index contributed by atoms with van der Waals surface area (Å²) in [5.41, 5.74) is 0. The SMILES string of the molecule is CCC(Nc1nnc(Br)s1)c1nccs1. The lowest BCUT2D eigenvalue weighted by Crippen LogP contribution is -2.08. The highest BCUT2D eigenvalue weighted by Crippen LogP contribution is 2.27. The molecule has 1 atom stereocenters. The summed E-state index contributed by atoms with van der Waals surface area (Å²) in [6.07, 6.45) is 2.80. The molecule has 0 aliphatic rings. The molecule has 2 aromatic heterocycles. The number of halogens is 1. The third kappa shape index (κ3) is 2.73. The molecule has 15 heavy (non-hydrogen) atoms. The predicted molar refractivity (Wildman–Crippen MR) is 66.4 cm³/mol. The van der Waals surface area contributed by atoms with Crippen LogP contribution in [0.3, 0.4) is 0 Å². The van der Waals surface area contributed by atoms with Crippen LogP contribution in [0.4, 0.5) is 5.13 Å². The van der Waals surface area contributed by atoms with Crippen LogP contribution in [0, 0.1) is 0 Å². The minimum absolute atomic E-state index is 0.227. The summed E-state index contributed by atoms with van der Waals surface area (Å²) in [6.45, 7) is 2.12. The minimum atomic E-state index is 0.227. The van der Waals surface area contributed by atoms with Gasteiger partial charge in [0.15, 0.2) is 3.92 Å². The monoisotopic (exact) mass is 304 g/mol. The molecule has 0 aliphatic heterocycles. The zero-order chi connectivity index (χ0) is 10.7. The van der Waals surface area contributed by atoms with E-state index in [0.717, 1.165) is 20.5 Å². The molecule has 0 saturated heterocycles. The molecular formula is C8H9BrN4S2. The quantitative estimate of drug-likeness (QED) is 0.941. The lowest BCUT2D eigenvalue weighted by molar-refractivity contribution is 0.738. The predicted octanol–water partition coefficient (Wildman–Crippen LogP) is 3.32. The van der Waals surface area contributed by atoms with Crippen LogP contribution in [-0.4, -0.2) is 15.2 Å². The van der Waals surface area contributed by atoms with Crippen LogP contribution < -0.4 is 5.32 Å². The van der Waals surface area contributed by atoms with Crippen LogP contribution in [0.5, 0.6) is 0 Å². The molecule has 0 aromatic carbocycles. The van der Waals surface area contributed by atoms with Gasteiger partial charge in [-0.15, -0.1) is 21.5 Å². The Bertz CT molecular complexity index is 414. The lowest BCUT2D eigenvalue weighted by Gasteiger charge is -2.12. The van der Waals surface area contributed by atoms with Crippen LogP contribution in [0.2, 0.25) is 0 Å². The van der Waals surface area contributed by atoms with Gasteiger partial charge in [0.25, 0.3) is 0 Å². The van der Waals surface area contributed by atoms with E-state index in [9.17, 15) is 0 Å². The Morgan fingerprint density at radius 2 is 2.40 bits per heavy atom. The van der Waals surface area contributed by atoms with E-state index in [-0.39, 0.29) is 6.04 Å². The molecule has 0 amide bonds. The molecule has 1 N–H and O–H groups in total. The van der Waals surface area contributed by atoms with Crippen molar-refractivity contribution in [2.24, 2.45) is 0 Å². The van der Waals surface area contributed by atoms with Gasteiger partial charge < -0.3 is 5.32 Å². The number of aromatic nitrogens is 3. The van der Waals surface area contributed by atoms with Crippen LogP contribution in [-0.2, 0) is 0 Å². The van der Waals surface area contributed by atoms with Crippen molar-refractivity contribution in [1.29, 1.82) is 0 Å². The van der Waals surface area contributed by atoms with Gasteiger partial charge in [-0.25, -0.2) is 4.98 Å². The van der Waals surface area contributed by atoms with Gasteiger partial charge in [0.2, 0.25) is 5.13 Å². The normalized spacial score (nSPS) is 12.7. The Hall–Kier alpha value is -0.530. The molecule has 0 radical (unpaired) electrons. The molecule has 0 aliphatic carbocycles. The molecular weight excluding hydrogens is 296 g/mol. The number of thiazole rings is 1. The largest absolute Gasteiger partial charge is 0.351 e. The molecule has 0 saturated carbocycles. The highest BCUT2D eigenvalue weighted by atomic mass is 79.9. The zero-order valence-electron chi connectivity index (χ0n) is 7.98. The first-order chi connectivity index (χ1) is 7.29. The van der Waals surface area contributed by atoms with E-state index in [4.69, 9.17) is 0 Å². The maximum Gasteiger partial charge on any atom is 0.207 e. The average molecular weight is 305 g/mol. The van der Waals surface area contributed by atoms with E-state index in [0.29, 0.717) is 0 Å². The van der Waals surface area contributed by atoms with Crippen molar-refractivity contribution >= 4 is 43.7 Å². The van der Waals surface area contributed by atoms with Crippen molar-refractivity contribution in [2.45, 2.75) is 19.4 Å². The van der Waals surface area contributed by atoms with Crippen molar-refractivity contribution in [2.75, 3.05) is 5.32 Å². The second-order valence-corrected chi connectivity index (χ2v) is 6.02. The van der Waals surface area contributed by atoms with Gasteiger partial charge in [-0.2, -0.15) is 0 Å². The molecule has 0 fully saturated rings. The molecule has 4 nitrogen and oxygen atoms in total. The second-order valence-electron chi connectivity index (χ2n) is 2.84. The van der Waals surface area contributed by atoms with Crippen molar-refractivity contribution in [3.8, 4) is 0 Å². The van der Waals surface area contributed by atoms with Crippen LogP contribution in [0.1, 0.15) is 24.4 Å². The topological polar surface area (TPSA) is 50.7 Å². The number of hydrogen-bond acceptors (Lipinski definition) is 6. The maximum atomic E-state index is 4.29. The number of nitrogens with zero attached hydrogens (tertiary/aromatic N) is 3. The molecule has 0 spiro atoms.